The molecule has 3 rings (SSSR count). The van der Waals surface area contributed by atoms with Crippen molar-refractivity contribution in [2.45, 2.75) is 6.92 Å². The topological polar surface area (TPSA) is 61.0 Å². The summed E-state index contributed by atoms with van der Waals surface area (Å²) in [5.41, 5.74) is 2.61. The van der Waals surface area contributed by atoms with Crippen LogP contribution in [0.1, 0.15) is 5.56 Å². The van der Waals surface area contributed by atoms with E-state index < -0.39 is 0 Å². The van der Waals surface area contributed by atoms with Crippen LogP contribution >= 0.6 is 0 Å². The van der Waals surface area contributed by atoms with Crippen molar-refractivity contribution in [3.05, 3.63) is 48.2 Å². The number of pyridine rings is 1. The zero-order valence-electron chi connectivity index (χ0n) is 11.2. The highest BCUT2D eigenvalue weighted by Crippen LogP contribution is 2.24. The van der Waals surface area contributed by atoms with Gasteiger partial charge in [0.05, 0.1) is 7.11 Å². The summed E-state index contributed by atoms with van der Waals surface area (Å²) in [5.74, 6) is 1.67. The van der Waals surface area contributed by atoms with Gasteiger partial charge in [-0.2, -0.15) is 4.98 Å². The average Bonchev–Trinajstić information content (AvgIpc) is 2.97. The van der Waals surface area contributed by atoms with Crippen molar-refractivity contribution < 1.29 is 9.26 Å². The van der Waals surface area contributed by atoms with Crippen LogP contribution in [0.4, 0.5) is 0 Å². The van der Waals surface area contributed by atoms with Gasteiger partial charge in [-0.3, -0.25) is 4.98 Å². The molecule has 5 nitrogen and oxygen atoms in total. The number of benzene rings is 1. The Kier molecular flexibility index (Phi) is 3.16. The van der Waals surface area contributed by atoms with E-state index in [1.165, 1.54) is 0 Å². The number of hydrogen-bond acceptors (Lipinski definition) is 5. The molecular weight excluding hydrogens is 254 g/mol. The van der Waals surface area contributed by atoms with E-state index in [2.05, 4.69) is 15.1 Å². The molecule has 3 aromatic rings. The van der Waals surface area contributed by atoms with Crippen molar-refractivity contribution in [1.82, 2.24) is 15.1 Å². The minimum Gasteiger partial charge on any atom is -0.497 e. The fourth-order valence-corrected chi connectivity index (χ4v) is 1.86. The van der Waals surface area contributed by atoms with Crippen molar-refractivity contribution in [2.75, 3.05) is 7.11 Å². The van der Waals surface area contributed by atoms with Crippen molar-refractivity contribution in [3.63, 3.8) is 0 Å². The van der Waals surface area contributed by atoms with Crippen LogP contribution < -0.4 is 4.74 Å². The summed E-state index contributed by atoms with van der Waals surface area (Å²) in [6, 6.07) is 11.3. The van der Waals surface area contributed by atoms with Gasteiger partial charge < -0.3 is 9.26 Å². The third-order valence-electron chi connectivity index (χ3n) is 2.89. The first-order chi connectivity index (χ1) is 9.76. The molecule has 2 aromatic heterocycles. The minimum absolute atomic E-state index is 0.446. The lowest BCUT2D eigenvalue weighted by atomic mass is 10.2. The fourth-order valence-electron chi connectivity index (χ4n) is 1.86. The highest BCUT2D eigenvalue weighted by molar-refractivity contribution is 5.59. The van der Waals surface area contributed by atoms with Crippen LogP contribution in [0.5, 0.6) is 5.75 Å². The Balaban J connectivity index is 1.97. The minimum atomic E-state index is 0.446. The van der Waals surface area contributed by atoms with Gasteiger partial charge in [0.15, 0.2) is 0 Å². The van der Waals surface area contributed by atoms with Crippen molar-refractivity contribution >= 4 is 0 Å². The molecule has 20 heavy (non-hydrogen) atoms. The van der Waals surface area contributed by atoms with Crippen LogP contribution in [0.3, 0.4) is 0 Å². The number of aromatic nitrogens is 3. The van der Waals surface area contributed by atoms with E-state index in [0.29, 0.717) is 17.4 Å². The van der Waals surface area contributed by atoms with Gasteiger partial charge in [-0.25, -0.2) is 0 Å². The van der Waals surface area contributed by atoms with Gasteiger partial charge in [-0.15, -0.1) is 0 Å². The standard InChI is InChI=1S/C15H13N3O2/c1-10-6-7-16-13(8-10)14-17-15(20-18-14)11-4-3-5-12(9-11)19-2/h3-9H,1-2H3. The Morgan fingerprint density at radius 2 is 2.05 bits per heavy atom. The van der Waals surface area contributed by atoms with E-state index in [9.17, 15) is 0 Å². The first-order valence-corrected chi connectivity index (χ1v) is 6.17. The van der Waals surface area contributed by atoms with E-state index in [4.69, 9.17) is 9.26 Å². The predicted molar refractivity (Wildman–Crippen MR) is 74.3 cm³/mol. The third kappa shape index (κ3) is 2.38. The summed E-state index contributed by atoms with van der Waals surface area (Å²) in [4.78, 5) is 8.61. The molecule has 0 saturated carbocycles. The molecule has 0 aliphatic carbocycles. The summed E-state index contributed by atoms with van der Waals surface area (Å²) >= 11 is 0. The first kappa shape index (κ1) is 12.3. The highest BCUT2D eigenvalue weighted by atomic mass is 16.5. The Morgan fingerprint density at radius 1 is 1.15 bits per heavy atom. The number of methoxy groups -OCH3 is 1. The molecule has 100 valence electrons. The summed E-state index contributed by atoms with van der Waals surface area (Å²) in [6.45, 7) is 1.99. The molecule has 0 saturated heterocycles. The molecule has 0 bridgehead atoms. The summed E-state index contributed by atoms with van der Waals surface area (Å²) in [5, 5.41) is 3.97. The van der Waals surface area contributed by atoms with Gasteiger partial charge in [0, 0.05) is 11.8 Å². The van der Waals surface area contributed by atoms with Crippen molar-refractivity contribution in [2.24, 2.45) is 0 Å². The van der Waals surface area contributed by atoms with Gasteiger partial charge in [0.2, 0.25) is 5.82 Å². The normalized spacial score (nSPS) is 10.5. The maximum absolute atomic E-state index is 5.29. The largest absolute Gasteiger partial charge is 0.497 e. The molecule has 0 atom stereocenters. The summed E-state index contributed by atoms with van der Waals surface area (Å²) in [6.07, 6.45) is 1.73. The maximum Gasteiger partial charge on any atom is 0.258 e. The number of rotatable bonds is 3. The Labute approximate surface area is 116 Å². The van der Waals surface area contributed by atoms with E-state index in [0.717, 1.165) is 16.9 Å². The molecule has 0 aliphatic heterocycles. The average molecular weight is 267 g/mol. The molecule has 0 spiro atoms. The zero-order chi connectivity index (χ0) is 13.9. The van der Waals surface area contributed by atoms with E-state index in [1.54, 1.807) is 13.3 Å². The summed E-state index contributed by atoms with van der Waals surface area (Å²) in [7, 11) is 1.62. The third-order valence-corrected chi connectivity index (χ3v) is 2.89. The van der Waals surface area contributed by atoms with Crippen LogP contribution in [-0.2, 0) is 0 Å². The van der Waals surface area contributed by atoms with E-state index in [-0.39, 0.29) is 0 Å². The van der Waals surface area contributed by atoms with Gasteiger partial charge in [-0.05, 0) is 42.8 Å². The van der Waals surface area contributed by atoms with Gasteiger partial charge in [0.25, 0.3) is 5.89 Å². The van der Waals surface area contributed by atoms with Crippen LogP contribution in [0.25, 0.3) is 23.0 Å². The van der Waals surface area contributed by atoms with Gasteiger partial charge in [0.1, 0.15) is 11.4 Å². The smallest absolute Gasteiger partial charge is 0.258 e. The molecule has 0 aliphatic rings. The van der Waals surface area contributed by atoms with E-state index in [1.807, 2.05) is 43.3 Å². The number of nitrogens with zero attached hydrogens (tertiary/aromatic N) is 3. The lowest BCUT2D eigenvalue weighted by molar-refractivity contribution is 0.413. The molecule has 0 radical (unpaired) electrons. The van der Waals surface area contributed by atoms with Crippen LogP contribution in [0.15, 0.2) is 47.1 Å². The first-order valence-electron chi connectivity index (χ1n) is 6.17. The zero-order valence-corrected chi connectivity index (χ0v) is 11.2. The molecule has 2 heterocycles. The Bertz CT molecular complexity index is 737. The monoisotopic (exact) mass is 267 g/mol. The molecule has 1 aromatic carbocycles. The van der Waals surface area contributed by atoms with Gasteiger partial charge in [-0.1, -0.05) is 11.2 Å². The molecule has 5 heteroatoms. The van der Waals surface area contributed by atoms with Crippen molar-refractivity contribution in [1.29, 1.82) is 0 Å². The number of aryl methyl sites for hydroxylation is 1. The predicted octanol–water partition coefficient (Wildman–Crippen LogP) is 3.12. The number of ether oxygens (including phenoxy) is 1. The van der Waals surface area contributed by atoms with Gasteiger partial charge >= 0.3 is 0 Å². The molecule has 0 unspecified atom stereocenters. The Hall–Kier alpha value is -2.69. The van der Waals surface area contributed by atoms with Crippen LogP contribution in [0, 0.1) is 6.92 Å². The number of hydrogen-bond donors (Lipinski definition) is 0. The second-order valence-corrected chi connectivity index (χ2v) is 4.37. The Morgan fingerprint density at radius 3 is 2.85 bits per heavy atom. The quantitative estimate of drug-likeness (QED) is 0.729. The lowest BCUT2D eigenvalue weighted by Gasteiger charge is -1.99. The SMILES string of the molecule is COc1cccc(-c2nc(-c3cc(C)ccn3)no2)c1. The molecular formula is C15H13N3O2. The highest BCUT2D eigenvalue weighted by Gasteiger charge is 2.12. The van der Waals surface area contributed by atoms with E-state index >= 15 is 0 Å². The molecule has 0 fully saturated rings. The second kappa shape index (κ2) is 5.13. The fraction of sp³-hybridized carbons (Fsp3) is 0.133. The maximum atomic E-state index is 5.29. The van der Waals surface area contributed by atoms with Crippen molar-refractivity contribution in [3.8, 4) is 28.7 Å². The summed E-state index contributed by atoms with van der Waals surface area (Å²) < 4.78 is 10.5. The van der Waals surface area contributed by atoms with Crippen LogP contribution in [0.2, 0.25) is 0 Å². The van der Waals surface area contributed by atoms with Crippen LogP contribution in [-0.4, -0.2) is 22.2 Å². The molecule has 0 N–H and O–H groups in total. The molecule has 0 amide bonds. The second-order valence-electron chi connectivity index (χ2n) is 4.37. The lowest BCUT2D eigenvalue weighted by Crippen LogP contribution is -1.87.